The van der Waals surface area contributed by atoms with Crippen LogP contribution in [0.3, 0.4) is 0 Å². The van der Waals surface area contributed by atoms with E-state index in [0.29, 0.717) is 6.54 Å². The monoisotopic (exact) mass is 316 g/mol. The Balaban J connectivity index is 1.45. The maximum atomic E-state index is 12.6. The molecule has 1 N–H and O–H groups in total. The lowest BCUT2D eigenvalue weighted by atomic mass is 10.1. The van der Waals surface area contributed by atoms with Gasteiger partial charge in [0.15, 0.2) is 0 Å². The van der Waals surface area contributed by atoms with Crippen LogP contribution in [-0.2, 0) is 17.9 Å². The number of nitrogens with zero attached hydrogens (tertiary/aromatic N) is 3. The Morgan fingerprint density at radius 1 is 1.41 bits per heavy atom. The normalized spacial score (nSPS) is 21.5. The summed E-state index contributed by atoms with van der Waals surface area (Å²) < 4.78 is 1.90. The molecule has 0 radical (unpaired) electrons. The molecule has 1 amide bonds. The van der Waals surface area contributed by atoms with Crippen molar-refractivity contribution >= 4 is 17.2 Å². The molecule has 116 valence electrons. The van der Waals surface area contributed by atoms with E-state index in [0.717, 1.165) is 31.2 Å². The van der Waals surface area contributed by atoms with Crippen molar-refractivity contribution in [2.75, 3.05) is 13.1 Å². The molecule has 0 spiro atoms. The van der Waals surface area contributed by atoms with Gasteiger partial charge in [0.2, 0.25) is 5.91 Å². The Morgan fingerprint density at radius 2 is 2.32 bits per heavy atom. The Labute approximate surface area is 133 Å². The number of thiophene rings is 1. The fourth-order valence-electron chi connectivity index (χ4n) is 3.07. The fraction of sp³-hybridized carbons (Fsp3) is 0.500. The van der Waals surface area contributed by atoms with Gasteiger partial charge in [-0.05, 0) is 36.3 Å². The molecule has 1 atom stereocenters. The summed E-state index contributed by atoms with van der Waals surface area (Å²) >= 11 is 1.67. The summed E-state index contributed by atoms with van der Waals surface area (Å²) in [6.07, 6.45) is 4.48. The lowest BCUT2D eigenvalue weighted by Crippen LogP contribution is -2.45. The molecular formula is C16H20N4OS. The second kappa shape index (κ2) is 5.85. The van der Waals surface area contributed by atoms with Crippen LogP contribution in [0.2, 0.25) is 0 Å². The third-order valence-corrected chi connectivity index (χ3v) is 5.27. The molecule has 3 heterocycles. The van der Waals surface area contributed by atoms with Crippen molar-refractivity contribution in [2.24, 2.45) is 5.92 Å². The van der Waals surface area contributed by atoms with Gasteiger partial charge in [0.25, 0.3) is 0 Å². The molecule has 22 heavy (non-hydrogen) atoms. The highest BCUT2D eigenvalue weighted by atomic mass is 32.1. The first-order chi connectivity index (χ1) is 10.8. The lowest BCUT2D eigenvalue weighted by molar-refractivity contribution is -0.126. The van der Waals surface area contributed by atoms with E-state index in [1.165, 1.54) is 17.7 Å². The zero-order valence-corrected chi connectivity index (χ0v) is 13.3. The maximum absolute atomic E-state index is 12.6. The highest BCUT2D eigenvalue weighted by Gasteiger charge is 2.33. The van der Waals surface area contributed by atoms with Crippen LogP contribution in [0.5, 0.6) is 0 Å². The molecule has 0 aromatic carbocycles. The Morgan fingerprint density at radius 3 is 3.09 bits per heavy atom. The van der Waals surface area contributed by atoms with Gasteiger partial charge >= 0.3 is 0 Å². The van der Waals surface area contributed by atoms with Crippen molar-refractivity contribution in [1.82, 2.24) is 20.0 Å². The predicted octanol–water partition coefficient (Wildman–Crippen LogP) is 2.03. The molecule has 1 saturated carbocycles. The van der Waals surface area contributed by atoms with Gasteiger partial charge in [-0.25, -0.2) is 0 Å². The number of hydrogen-bond donors (Lipinski definition) is 1. The number of nitrogens with one attached hydrogen (secondary N) is 1. The quantitative estimate of drug-likeness (QED) is 0.918. The third kappa shape index (κ3) is 2.94. The largest absolute Gasteiger partial charge is 0.349 e. The van der Waals surface area contributed by atoms with Gasteiger partial charge < -0.3 is 5.32 Å². The van der Waals surface area contributed by atoms with Crippen LogP contribution in [-0.4, -0.2) is 33.7 Å². The van der Waals surface area contributed by atoms with E-state index in [1.807, 2.05) is 28.3 Å². The fourth-order valence-corrected chi connectivity index (χ4v) is 3.71. The van der Waals surface area contributed by atoms with Gasteiger partial charge in [-0.3, -0.25) is 14.4 Å². The lowest BCUT2D eigenvalue weighted by Gasteiger charge is -2.33. The first-order valence-corrected chi connectivity index (χ1v) is 8.72. The van der Waals surface area contributed by atoms with Crippen LogP contribution >= 0.6 is 11.3 Å². The highest BCUT2D eigenvalue weighted by Crippen LogP contribution is 2.32. The van der Waals surface area contributed by atoms with E-state index >= 15 is 0 Å². The summed E-state index contributed by atoms with van der Waals surface area (Å²) in [5.74, 6) is 0.906. The van der Waals surface area contributed by atoms with Crippen molar-refractivity contribution in [3.05, 3.63) is 40.3 Å². The Bertz CT molecular complexity index is 647. The standard InChI is InChI=1S/C16H20N4OS/c21-16(17-8-14-2-1-7-22-14)15-11-19(9-12-3-4-12)10-13-5-6-18-20(13)15/h1-2,5-7,12,15H,3-4,8-11H2,(H,17,21)/t15-/m1/s1. The van der Waals surface area contributed by atoms with E-state index in [2.05, 4.69) is 15.3 Å². The van der Waals surface area contributed by atoms with E-state index in [4.69, 9.17) is 0 Å². The molecule has 1 aliphatic heterocycles. The van der Waals surface area contributed by atoms with Crippen LogP contribution in [0.15, 0.2) is 29.8 Å². The molecular weight excluding hydrogens is 296 g/mol. The van der Waals surface area contributed by atoms with Crippen LogP contribution < -0.4 is 5.32 Å². The minimum atomic E-state index is -0.211. The van der Waals surface area contributed by atoms with Gasteiger partial charge in [0.05, 0.1) is 12.2 Å². The van der Waals surface area contributed by atoms with Crippen molar-refractivity contribution in [3.8, 4) is 0 Å². The SMILES string of the molecule is O=C(NCc1cccs1)[C@H]1CN(CC2CC2)Cc2ccnn21. The number of carbonyl (C=O) groups is 1. The summed E-state index contributed by atoms with van der Waals surface area (Å²) in [5.41, 5.74) is 1.14. The minimum Gasteiger partial charge on any atom is -0.349 e. The van der Waals surface area contributed by atoms with E-state index in [1.54, 1.807) is 17.5 Å². The smallest absolute Gasteiger partial charge is 0.246 e. The van der Waals surface area contributed by atoms with Gasteiger partial charge in [-0.1, -0.05) is 6.07 Å². The highest BCUT2D eigenvalue weighted by molar-refractivity contribution is 7.09. The van der Waals surface area contributed by atoms with Crippen LogP contribution in [0.4, 0.5) is 0 Å². The number of carbonyl (C=O) groups excluding carboxylic acids is 1. The van der Waals surface area contributed by atoms with Crippen molar-refractivity contribution in [3.63, 3.8) is 0 Å². The molecule has 1 fully saturated rings. The molecule has 0 saturated heterocycles. The van der Waals surface area contributed by atoms with Gasteiger partial charge in [-0.15, -0.1) is 11.3 Å². The molecule has 2 aromatic heterocycles. The average Bonchev–Trinajstić information content (AvgIpc) is 3.02. The first-order valence-electron chi connectivity index (χ1n) is 7.84. The maximum Gasteiger partial charge on any atom is 0.246 e. The Kier molecular flexibility index (Phi) is 3.72. The summed E-state index contributed by atoms with van der Waals surface area (Å²) in [4.78, 5) is 16.2. The van der Waals surface area contributed by atoms with Crippen molar-refractivity contribution in [2.45, 2.75) is 32.0 Å². The van der Waals surface area contributed by atoms with Gasteiger partial charge in [0, 0.05) is 30.7 Å². The molecule has 0 bridgehead atoms. The van der Waals surface area contributed by atoms with E-state index in [9.17, 15) is 4.79 Å². The van der Waals surface area contributed by atoms with Crippen molar-refractivity contribution < 1.29 is 4.79 Å². The predicted molar refractivity (Wildman–Crippen MR) is 85.4 cm³/mol. The number of amides is 1. The summed E-state index contributed by atoms with van der Waals surface area (Å²) in [6, 6.07) is 5.87. The molecule has 0 unspecified atom stereocenters. The molecule has 6 heteroatoms. The number of fused-ring (bicyclic) bond motifs is 1. The third-order valence-electron chi connectivity index (χ3n) is 4.40. The Hall–Kier alpha value is -1.66. The average molecular weight is 316 g/mol. The van der Waals surface area contributed by atoms with Crippen LogP contribution in [0.25, 0.3) is 0 Å². The van der Waals surface area contributed by atoms with E-state index < -0.39 is 0 Å². The first kappa shape index (κ1) is 14.0. The number of aromatic nitrogens is 2. The van der Waals surface area contributed by atoms with E-state index in [-0.39, 0.29) is 11.9 Å². The summed E-state index contributed by atoms with van der Waals surface area (Å²) in [7, 11) is 0. The second-order valence-electron chi connectivity index (χ2n) is 6.22. The molecule has 2 aromatic rings. The van der Waals surface area contributed by atoms with Gasteiger partial charge in [0.1, 0.15) is 6.04 Å². The van der Waals surface area contributed by atoms with Gasteiger partial charge in [-0.2, -0.15) is 5.10 Å². The second-order valence-corrected chi connectivity index (χ2v) is 7.25. The molecule has 2 aliphatic rings. The minimum absolute atomic E-state index is 0.0684. The van der Waals surface area contributed by atoms with Crippen LogP contribution in [0.1, 0.15) is 29.5 Å². The zero-order chi connectivity index (χ0) is 14.9. The van der Waals surface area contributed by atoms with Crippen molar-refractivity contribution in [1.29, 1.82) is 0 Å². The topological polar surface area (TPSA) is 50.2 Å². The number of hydrogen-bond acceptors (Lipinski definition) is 4. The summed E-state index contributed by atoms with van der Waals surface area (Å²) in [6.45, 7) is 3.39. The number of rotatable bonds is 5. The molecule has 1 aliphatic carbocycles. The summed E-state index contributed by atoms with van der Waals surface area (Å²) in [5, 5.41) is 9.46. The zero-order valence-electron chi connectivity index (χ0n) is 12.4. The van der Waals surface area contributed by atoms with Crippen LogP contribution in [0, 0.1) is 5.92 Å². The molecule has 5 nitrogen and oxygen atoms in total. The molecule has 4 rings (SSSR count).